The lowest BCUT2D eigenvalue weighted by Gasteiger charge is -2.14. The van der Waals surface area contributed by atoms with E-state index in [2.05, 4.69) is 15.3 Å². The fourth-order valence-electron chi connectivity index (χ4n) is 1.64. The van der Waals surface area contributed by atoms with Gasteiger partial charge in [0.15, 0.2) is 0 Å². The lowest BCUT2D eigenvalue weighted by Crippen LogP contribution is -2.31. The number of hydrogen-bond acceptors (Lipinski definition) is 3. The number of para-hydroxylation sites is 2. The van der Waals surface area contributed by atoms with Crippen LogP contribution < -0.4 is 11.1 Å². The Morgan fingerprint density at radius 3 is 2.83 bits per heavy atom. The molecular formula is C13H18N4O. The fraction of sp³-hybridized carbons (Fsp3) is 0.385. The van der Waals surface area contributed by atoms with Gasteiger partial charge in [0.1, 0.15) is 0 Å². The van der Waals surface area contributed by atoms with Crippen LogP contribution in [0.3, 0.4) is 0 Å². The molecule has 1 aromatic carbocycles. The smallest absolute Gasteiger partial charge is 0.228 e. The molecule has 0 fully saturated rings. The number of rotatable bonds is 4. The van der Waals surface area contributed by atoms with Crippen molar-refractivity contribution >= 4 is 22.9 Å². The second-order valence-corrected chi connectivity index (χ2v) is 4.76. The summed E-state index contributed by atoms with van der Waals surface area (Å²) in [6, 6.07) is 7.50. The third-order valence-electron chi connectivity index (χ3n) is 2.92. The molecule has 1 unspecified atom stereocenters. The zero-order valence-electron chi connectivity index (χ0n) is 10.6. The van der Waals surface area contributed by atoms with Gasteiger partial charge in [-0.15, -0.1) is 0 Å². The number of nitrogens with two attached hydrogens (primary N) is 1. The first-order chi connectivity index (χ1) is 8.56. The predicted molar refractivity (Wildman–Crippen MR) is 72.2 cm³/mol. The molecule has 5 heteroatoms. The summed E-state index contributed by atoms with van der Waals surface area (Å²) in [4.78, 5) is 19.1. The van der Waals surface area contributed by atoms with Gasteiger partial charge in [-0.2, -0.15) is 0 Å². The van der Waals surface area contributed by atoms with Gasteiger partial charge in [-0.25, -0.2) is 4.98 Å². The number of amides is 1. The van der Waals surface area contributed by atoms with Gasteiger partial charge in [0.25, 0.3) is 0 Å². The number of hydrogen-bond donors (Lipinski definition) is 3. The second-order valence-electron chi connectivity index (χ2n) is 4.76. The van der Waals surface area contributed by atoms with Crippen LogP contribution in [0.1, 0.15) is 20.3 Å². The molecule has 1 atom stereocenters. The summed E-state index contributed by atoms with van der Waals surface area (Å²) in [7, 11) is 0. The quantitative estimate of drug-likeness (QED) is 0.770. The van der Waals surface area contributed by atoms with Crippen LogP contribution in [0.4, 0.5) is 5.95 Å². The van der Waals surface area contributed by atoms with Crippen LogP contribution in [0.5, 0.6) is 0 Å². The van der Waals surface area contributed by atoms with Gasteiger partial charge in [0.2, 0.25) is 11.9 Å². The van der Waals surface area contributed by atoms with Crippen LogP contribution in [-0.2, 0) is 4.79 Å². The molecule has 1 aromatic heterocycles. The molecule has 0 saturated carbocycles. The summed E-state index contributed by atoms with van der Waals surface area (Å²) in [6.07, 6.45) is 0.300. The molecule has 0 aliphatic heterocycles. The number of anilines is 1. The molecule has 0 saturated heterocycles. The van der Waals surface area contributed by atoms with Crippen molar-refractivity contribution in [3.8, 4) is 0 Å². The number of nitrogens with one attached hydrogen (secondary N) is 2. The summed E-state index contributed by atoms with van der Waals surface area (Å²) in [5.41, 5.74) is 7.59. The Morgan fingerprint density at radius 1 is 1.44 bits per heavy atom. The van der Waals surface area contributed by atoms with E-state index < -0.39 is 0 Å². The highest BCUT2D eigenvalue weighted by molar-refractivity contribution is 5.91. The third-order valence-corrected chi connectivity index (χ3v) is 2.92. The number of carbonyl (C=O) groups is 1. The van der Waals surface area contributed by atoms with Crippen LogP contribution in [0.25, 0.3) is 11.0 Å². The van der Waals surface area contributed by atoms with Crippen molar-refractivity contribution in [1.29, 1.82) is 0 Å². The van der Waals surface area contributed by atoms with Crippen LogP contribution in [0.2, 0.25) is 0 Å². The van der Waals surface area contributed by atoms with Gasteiger partial charge in [-0.1, -0.05) is 26.0 Å². The molecule has 0 aliphatic rings. The molecule has 0 radical (unpaired) electrons. The average molecular weight is 246 g/mol. The molecule has 1 amide bonds. The van der Waals surface area contributed by atoms with Crippen LogP contribution in [0.15, 0.2) is 24.3 Å². The van der Waals surface area contributed by atoms with E-state index in [1.54, 1.807) is 0 Å². The van der Waals surface area contributed by atoms with Crippen molar-refractivity contribution in [2.75, 3.05) is 5.32 Å². The summed E-state index contributed by atoms with van der Waals surface area (Å²) < 4.78 is 0. The first-order valence-corrected chi connectivity index (χ1v) is 6.06. The molecule has 18 heavy (non-hydrogen) atoms. The van der Waals surface area contributed by atoms with Crippen molar-refractivity contribution in [2.24, 2.45) is 11.7 Å². The first-order valence-electron chi connectivity index (χ1n) is 6.06. The zero-order chi connectivity index (χ0) is 13.1. The van der Waals surface area contributed by atoms with Gasteiger partial charge in [-0.3, -0.25) is 10.1 Å². The number of carbonyl (C=O) groups excluding carboxylic acids is 1. The van der Waals surface area contributed by atoms with Crippen LogP contribution in [0, 0.1) is 5.92 Å². The van der Waals surface area contributed by atoms with Gasteiger partial charge >= 0.3 is 0 Å². The maximum Gasteiger partial charge on any atom is 0.228 e. The molecule has 2 rings (SSSR count). The number of aromatic amines is 1. The highest BCUT2D eigenvalue weighted by atomic mass is 16.1. The zero-order valence-corrected chi connectivity index (χ0v) is 10.6. The molecule has 0 bridgehead atoms. The normalized spacial score (nSPS) is 12.9. The predicted octanol–water partition coefficient (Wildman–Crippen LogP) is 1.87. The highest BCUT2D eigenvalue weighted by Gasteiger charge is 2.14. The second kappa shape index (κ2) is 5.18. The molecule has 0 spiro atoms. The SMILES string of the molecule is CC(C)C(N)CC(=O)Nc1nc2ccccc2[nH]1. The molecule has 0 aliphatic carbocycles. The lowest BCUT2D eigenvalue weighted by molar-refractivity contribution is -0.116. The Bertz CT molecular complexity index is 514. The van der Waals surface area contributed by atoms with E-state index in [1.807, 2.05) is 38.1 Å². The molecule has 4 N–H and O–H groups in total. The average Bonchev–Trinajstić information content (AvgIpc) is 2.70. The summed E-state index contributed by atoms with van der Waals surface area (Å²) in [6.45, 7) is 4.00. The number of nitrogens with zero attached hydrogens (tertiary/aromatic N) is 1. The Kier molecular flexibility index (Phi) is 3.62. The molecule has 5 nitrogen and oxygen atoms in total. The first kappa shape index (κ1) is 12.6. The van der Waals surface area contributed by atoms with Gasteiger partial charge in [-0.05, 0) is 18.1 Å². The number of aromatic nitrogens is 2. The third kappa shape index (κ3) is 2.87. The van der Waals surface area contributed by atoms with Gasteiger partial charge in [0.05, 0.1) is 11.0 Å². The maximum atomic E-state index is 11.8. The van der Waals surface area contributed by atoms with E-state index in [-0.39, 0.29) is 17.9 Å². The van der Waals surface area contributed by atoms with Gasteiger partial charge in [0, 0.05) is 12.5 Å². The Hall–Kier alpha value is -1.88. The van der Waals surface area contributed by atoms with Crippen molar-refractivity contribution in [2.45, 2.75) is 26.3 Å². The molecule has 2 aromatic rings. The van der Waals surface area contributed by atoms with E-state index in [0.717, 1.165) is 11.0 Å². The highest BCUT2D eigenvalue weighted by Crippen LogP contribution is 2.13. The van der Waals surface area contributed by atoms with E-state index in [0.29, 0.717) is 12.4 Å². The van der Waals surface area contributed by atoms with E-state index in [9.17, 15) is 4.79 Å². The van der Waals surface area contributed by atoms with E-state index >= 15 is 0 Å². The molecule has 96 valence electrons. The summed E-state index contributed by atoms with van der Waals surface area (Å²) >= 11 is 0. The monoisotopic (exact) mass is 246 g/mol. The van der Waals surface area contributed by atoms with Crippen molar-refractivity contribution in [3.05, 3.63) is 24.3 Å². The summed E-state index contributed by atoms with van der Waals surface area (Å²) in [5, 5.41) is 2.73. The number of fused-ring (bicyclic) bond motifs is 1. The van der Waals surface area contributed by atoms with Crippen molar-refractivity contribution in [3.63, 3.8) is 0 Å². The van der Waals surface area contributed by atoms with Crippen molar-refractivity contribution < 1.29 is 4.79 Å². The van der Waals surface area contributed by atoms with Crippen molar-refractivity contribution in [1.82, 2.24) is 9.97 Å². The summed E-state index contributed by atoms with van der Waals surface area (Å²) in [5.74, 6) is 0.638. The Morgan fingerprint density at radius 2 is 2.17 bits per heavy atom. The minimum absolute atomic E-state index is 0.116. The van der Waals surface area contributed by atoms with Crippen LogP contribution >= 0.6 is 0 Å². The van der Waals surface area contributed by atoms with Crippen LogP contribution in [-0.4, -0.2) is 21.9 Å². The van der Waals surface area contributed by atoms with E-state index in [4.69, 9.17) is 5.73 Å². The lowest BCUT2D eigenvalue weighted by atomic mass is 10.0. The minimum atomic E-state index is -0.130. The number of H-pyrrole nitrogens is 1. The fourth-order valence-corrected chi connectivity index (χ4v) is 1.64. The number of imidazole rings is 1. The topological polar surface area (TPSA) is 83.8 Å². The van der Waals surface area contributed by atoms with E-state index in [1.165, 1.54) is 0 Å². The molecular weight excluding hydrogens is 228 g/mol. The molecule has 1 heterocycles. The van der Waals surface area contributed by atoms with Gasteiger partial charge < -0.3 is 10.7 Å². The minimum Gasteiger partial charge on any atom is -0.327 e. The Balaban J connectivity index is 2.03. The largest absolute Gasteiger partial charge is 0.327 e. The maximum absolute atomic E-state index is 11.8. The number of benzene rings is 1. The Labute approximate surface area is 106 Å². The standard InChI is InChI=1S/C13H18N4O/c1-8(2)9(14)7-12(18)17-13-15-10-5-3-4-6-11(10)16-13/h3-6,8-9H,7,14H2,1-2H3,(H2,15,16,17,18).